The van der Waals surface area contributed by atoms with Gasteiger partial charge < -0.3 is 14.4 Å². The summed E-state index contributed by atoms with van der Waals surface area (Å²) in [7, 11) is 0. The quantitative estimate of drug-likeness (QED) is 0.497. The maximum Gasteiger partial charge on any atom is 0.307 e. The van der Waals surface area contributed by atoms with Crippen LogP contribution in [0.25, 0.3) is 6.08 Å². The third kappa shape index (κ3) is 6.21. The molecule has 0 radical (unpaired) electrons. The Kier molecular flexibility index (Phi) is 8.19. The first-order valence-electron chi connectivity index (χ1n) is 9.51. The topological polar surface area (TPSA) is 55.8 Å². The van der Waals surface area contributed by atoms with Crippen molar-refractivity contribution < 1.29 is 19.1 Å². The number of rotatable bonds is 9. The number of ether oxygens (including phenoxy) is 2. The summed E-state index contributed by atoms with van der Waals surface area (Å²) >= 11 is 0. The van der Waals surface area contributed by atoms with E-state index in [0.717, 1.165) is 37.0 Å². The van der Waals surface area contributed by atoms with E-state index in [1.165, 1.54) is 0 Å². The Bertz CT molecular complexity index is 603. The van der Waals surface area contributed by atoms with Crippen LogP contribution in [-0.4, -0.2) is 42.6 Å². The fourth-order valence-corrected chi connectivity index (χ4v) is 3.24. The van der Waals surface area contributed by atoms with Gasteiger partial charge in [0.1, 0.15) is 5.75 Å². The zero-order chi connectivity index (χ0) is 18.8. The highest BCUT2D eigenvalue weighted by atomic mass is 16.5. The van der Waals surface area contributed by atoms with Crippen LogP contribution < -0.4 is 4.74 Å². The van der Waals surface area contributed by atoms with Crippen molar-refractivity contribution >= 4 is 18.0 Å². The number of hydrogen-bond donors (Lipinski definition) is 0. The van der Waals surface area contributed by atoms with Gasteiger partial charge in [0.25, 0.3) is 0 Å². The molecule has 0 spiro atoms. The van der Waals surface area contributed by atoms with Crippen LogP contribution in [0.15, 0.2) is 30.3 Å². The maximum atomic E-state index is 12.7. The molecule has 1 aromatic rings. The zero-order valence-corrected chi connectivity index (χ0v) is 15.8. The minimum atomic E-state index is -0.251. The first kappa shape index (κ1) is 20.0. The molecule has 0 aliphatic heterocycles. The summed E-state index contributed by atoms with van der Waals surface area (Å²) in [6.45, 7) is 5.14. The second kappa shape index (κ2) is 10.6. The van der Waals surface area contributed by atoms with E-state index < -0.39 is 0 Å². The van der Waals surface area contributed by atoms with E-state index in [9.17, 15) is 9.59 Å². The molecule has 0 N–H and O–H groups in total. The van der Waals surface area contributed by atoms with Crippen molar-refractivity contribution in [3.05, 3.63) is 35.9 Å². The second-order valence-corrected chi connectivity index (χ2v) is 6.36. The lowest BCUT2D eigenvalue weighted by Crippen LogP contribution is -2.39. The molecule has 2 rings (SSSR count). The van der Waals surface area contributed by atoms with E-state index in [-0.39, 0.29) is 24.3 Å². The van der Waals surface area contributed by atoms with Gasteiger partial charge in [0.05, 0.1) is 19.6 Å². The second-order valence-electron chi connectivity index (χ2n) is 6.36. The summed E-state index contributed by atoms with van der Waals surface area (Å²) in [6, 6.07) is 7.86. The Morgan fingerprint density at radius 1 is 1.12 bits per heavy atom. The Morgan fingerprint density at radius 2 is 1.81 bits per heavy atom. The lowest BCUT2D eigenvalue weighted by Gasteiger charge is -2.27. The van der Waals surface area contributed by atoms with Gasteiger partial charge in [-0.15, -0.1) is 0 Å². The molecule has 0 atom stereocenters. The minimum Gasteiger partial charge on any atom is -0.494 e. The van der Waals surface area contributed by atoms with Gasteiger partial charge in [-0.1, -0.05) is 25.0 Å². The number of benzene rings is 1. The highest BCUT2D eigenvalue weighted by Crippen LogP contribution is 2.24. The highest BCUT2D eigenvalue weighted by Gasteiger charge is 2.25. The molecule has 5 nitrogen and oxygen atoms in total. The number of carbonyl (C=O) groups is 2. The van der Waals surface area contributed by atoms with Crippen LogP contribution >= 0.6 is 0 Å². The molecular weight excluding hydrogens is 330 g/mol. The van der Waals surface area contributed by atoms with E-state index in [2.05, 4.69) is 0 Å². The largest absolute Gasteiger partial charge is 0.494 e. The molecule has 26 heavy (non-hydrogen) atoms. The first-order valence-corrected chi connectivity index (χ1v) is 9.51. The normalized spacial score (nSPS) is 14.5. The zero-order valence-electron chi connectivity index (χ0n) is 15.8. The van der Waals surface area contributed by atoms with Gasteiger partial charge in [-0.25, -0.2) is 0 Å². The average molecular weight is 359 g/mol. The molecule has 0 aromatic heterocycles. The van der Waals surface area contributed by atoms with E-state index in [0.29, 0.717) is 19.8 Å². The third-order valence-corrected chi connectivity index (χ3v) is 4.52. The van der Waals surface area contributed by atoms with Crippen molar-refractivity contribution in [3.8, 4) is 5.75 Å². The summed E-state index contributed by atoms with van der Waals surface area (Å²) in [5, 5.41) is 0. The predicted molar refractivity (Wildman–Crippen MR) is 102 cm³/mol. The van der Waals surface area contributed by atoms with Crippen molar-refractivity contribution in [2.75, 3.05) is 19.8 Å². The van der Waals surface area contributed by atoms with Gasteiger partial charge in [-0.2, -0.15) is 0 Å². The first-order chi connectivity index (χ1) is 12.6. The molecule has 1 aliphatic rings. The van der Waals surface area contributed by atoms with Crippen LogP contribution in [-0.2, 0) is 14.3 Å². The summed E-state index contributed by atoms with van der Waals surface area (Å²) in [4.78, 5) is 26.2. The molecule has 1 aromatic carbocycles. The van der Waals surface area contributed by atoms with Crippen molar-refractivity contribution in [1.29, 1.82) is 0 Å². The maximum absolute atomic E-state index is 12.7. The Hall–Kier alpha value is -2.30. The SMILES string of the molecule is CCOC(=O)CCN(C(=O)/C=C/c1ccc(OCC)cc1)C1CCCC1. The van der Waals surface area contributed by atoms with Crippen molar-refractivity contribution in [1.82, 2.24) is 4.90 Å². The molecule has 0 heterocycles. The monoisotopic (exact) mass is 359 g/mol. The van der Waals surface area contributed by atoms with E-state index in [4.69, 9.17) is 9.47 Å². The van der Waals surface area contributed by atoms with Crippen LogP contribution in [0.3, 0.4) is 0 Å². The molecule has 0 bridgehead atoms. The average Bonchev–Trinajstić information content (AvgIpc) is 3.16. The van der Waals surface area contributed by atoms with Gasteiger partial charge in [0, 0.05) is 18.7 Å². The van der Waals surface area contributed by atoms with Gasteiger partial charge in [-0.05, 0) is 50.5 Å². The Labute approximate surface area is 156 Å². The fourth-order valence-electron chi connectivity index (χ4n) is 3.24. The standard InChI is InChI=1S/C21H29NO4/c1-3-25-19-12-9-17(10-13-19)11-14-20(23)22(18-7-5-6-8-18)16-15-21(24)26-4-2/h9-14,18H,3-8,15-16H2,1-2H3/b14-11+. The van der Waals surface area contributed by atoms with Gasteiger partial charge in [-0.3, -0.25) is 9.59 Å². The summed E-state index contributed by atoms with van der Waals surface area (Å²) in [6.07, 6.45) is 7.93. The number of carbonyl (C=O) groups excluding carboxylic acids is 2. The van der Waals surface area contributed by atoms with Crippen molar-refractivity contribution in [3.63, 3.8) is 0 Å². The molecule has 142 valence electrons. The van der Waals surface area contributed by atoms with Gasteiger partial charge in [0.2, 0.25) is 5.91 Å². The lowest BCUT2D eigenvalue weighted by molar-refractivity contribution is -0.144. The smallest absolute Gasteiger partial charge is 0.307 e. The van der Waals surface area contributed by atoms with Crippen LogP contribution in [0.1, 0.15) is 51.5 Å². The number of esters is 1. The van der Waals surface area contributed by atoms with Crippen LogP contribution in [0.5, 0.6) is 5.75 Å². The minimum absolute atomic E-state index is 0.0462. The van der Waals surface area contributed by atoms with Crippen molar-refractivity contribution in [2.24, 2.45) is 0 Å². The molecular formula is C21H29NO4. The molecule has 1 saturated carbocycles. The summed E-state index contributed by atoms with van der Waals surface area (Å²) in [5.74, 6) is 0.520. The predicted octanol–water partition coefficient (Wildman–Crippen LogP) is 3.82. The number of hydrogen-bond acceptors (Lipinski definition) is 4. The molecule has 0 unspecified atom stereocenters. The van der Waals surface area contributed by atoms with Crippen LogP contribution in [0.2, 0.25) is 0 Å². The lowest BCUT2D eigenvalue weighted by atomic mass is 10.1. The molecule has 1 aliphatic carbocycles. The van der Waals surface area contributed by atoms with Gasteiger partial charge in [0.15, 0.2) is 0 Å². The summed E-state index contributed by atoms with van der Waals surface area (Å²) < 4.78 is 10.4. The Morgan fingerprint density at radius 3 is 2.42 bits per heavy atom. The van der Waals surface area contributed by atoms with Gasteiger partial charge >= 0.3 is 5.97 Å². The molecule has 1 amide bonds. The van der Waals surface area contributed by atoms with Crippen LogP contribution in [0.4, 0.5) is 0 Å². The van der Waals surface area contributed by atoms with Crippen LogP contribution in [0, 0.1) is 0 Å². The molecule has 0 saturated heterocycles. The van der Waals surface area contributed by atoms with Crippen molar-refractivity contribution in [2.45, 2.75) is 52.0 Å². The highest BCUT2D eigenvalue weighted by molar-refractivity contribution is 5.92. The molecule has 5 heteroatoms. The molecule has 1 fully saturated rings. The fraction of sp³-hybridized carbons (Fsp3) is 0.524. The van der Waals surface area contributed by atoms with E-state index in [1.807, 2.05) is 42.2 Å². The number of amides is 1. The third-order valence-electron chi connectivity index (χ3n) is 4.52. The Balaban J connectivity index is 1.98. The summed E-state index contributed by atoms with van der Waals surface area (Å²) in [5.41, 5.74) is 0.943. The van der Waals surface area contributed by atoms with E-state index >= 15 is 0 Å². The van der Waals surface area contributed by atoms with E-state index in [1.54, 1.807) is 13.0 Å². The number of nitrogens with zero attached hydrogens (tertiary/aromatic N) is 1.